The van der Waals surface area contributed by atoms with Crippen LogP contribution >= 0.6 is 11.3 Å². The quantitative estimate of drug-likeness (QED) is 0.798. The van der Waals surface area contributed by atoms with Crippen LogP contribution in [0.25, 0.3) is 0 Å². The third-order valence-corrected chi connectivity index (χ3v) is 6.46. The van der Waals surface area contributed by atoms with E-state index in [-0.39, 0.29) is 5.75 Å². The Bertz CT molecular complexity index is 668. The number of carbonyl (C=O) groups is 1. The van der Waals surface area contributed by atoms with Crippen molar-refractivity contribution in [3.05, 3.63) is 21.9 Å². The van der Waals surface area contributed by atoms with E-state index in [1.165, 1.54) is 11.3 Å². The van der Waals surface area contributed by atoms with Gasteiger partial charge in [0.15, 0.2) is 9.84 Å². The molecule has 1 fully saturated rings. The van der Waals surface area contributed by atoms with Crippen molar-refractivity contribution >= 4 is 27.1 Å². The van der Waals surface area contributed by atoms with Crippen molar-refractivity contribution < 1.29 is 13.2 Å². The third-order valence-electron chi connectivity index (χ3n) is 3.28. The number of sulfone groups is 1. The largest absolute Gasteiger partial charge is 0.350 e. The summed E-state index contributed by atoms with van der Waals surface area (Å²) in [7, 11) is -3.28. The maximum Gasteiger partial charge on any atom is 0.238 e. The summed E-state index contributed by atoms with van der Waals surface area (Å²) in [5.41, 5.74) is 5.31. The Morgan fingerprint density at radius 1 is 1.43 bits per heavy atom. The Balaban J connectivity index is 1.93. The molecule has 1 aliphatic rings. The van der Waals surface area contributed by atoms with Crippen molar-refractivity contribution in [1.82, 2.24) is 5.32 Å². The predicted molar refractivity (Wildman–Crippen MR) is 83.5 cm³/mol. The first-order valence-corrected chi connectivity index (χ1v) is 9.33. The molecule has 1 unspecified atom stereocenters. The van der Waals surface area contributed by atoms with Crippen LogP contribution in [0.5, 0.6) is 0 Å². The minimum absolute atomic E-state index is 0.114. The molecule has 2 heterocycles. The van der Waals surface area contributed by atoms with Gasteiger partial charge in [-0.1, -0.05) is 18.3 Å². The molecule has 1 aliphatic heterocycles. The Morgan fingerprint density at radius 3 is 2.95 bits per heavy atom. The predicted octanol–water partition coefficient (Wildman–Crippen LogP) is 0.642. The Hall–Kier alpha value is -1.36. The molecule has 0 aliphatic carbocycles. The van der Waals surface area contributed by atoms with E-state index < -0.39 is 21.0 Å². The summed E-state index contributed by atoms with van der Waals surface area (Å²) in [4.78, 5) is 13.9. The van der Waals surface area contributed by atoms with Crippen LogP contribution in [0.3, 0.4) is 0 Å². The Morgan fingerprint density at radius 2 is 2.24 bits per heavy atom. The molecule has 0 radical (unpaired) electrons. The molecule has 5 nitrogen and oxygen atoms in total. The van der Waals surface area contributed by atoms with Crippen LogP contribution in [-0.4, -0.2) is 31.9 Å². The van der Waals surface area contributed by atoms with Gasteiger partial charge in [-0.15, -0.1) is 11.3 Å². The van der Waals surface area contributed by atoms with E-state index >= 15 is 0 Å². The van der Waals surface area contributed by atoms with Crippen LogP contribution in [0.1, 0.15) is 29.0 Å². The Kier molecular flexibility index (Phi) is 5.39. The van der Waals surface area contributed by atoms with Crippen LogP contribution in [0, 0.1) is 11.8 Å². The lowest BCUT2D eigenvalue weighted by Crippen LogP contribution is -2.42. The van der Waals surface area contributed by atoms with Gasteiger partial charge in [-0.25, -0.2) is 8.42 Å². The maximum atomic E-state index is 12.0. The highest BCUT2D eigenvalue weighted by molar-refractivity contribution is 7.92. The smallest absolute Gasteiger partial charge is 0.238 e. The van der Waals surface area contributed by atoms with E-state index in [4.69, 9.17) is 5.73 Å². The molecule has 2 rings (SSSR count). The summed E-state index contributed by atoms with van der Waals surface area (Å²) in [5.74, 6) is 5.41. The fourth-order valence-corrected chi connectivity index (χ4v) is 4.86. The first-order valence-electron chi connectivity index (χ1n) is 6.80. The second-order valence-corrected chi connectivity index (χ2v) is 8.31. The van der Waals surface area contributed by atoms with Gasteiger partial charge >= 0.3 is 0 Å². The number of amides is 1. The first kappa shape index (κ1) is 16.0. The molecule has 1 atom stereocenters. The molecule has 1 aromatic heterocycles. The summed E-state index contributed by atoms with van der Waals surface area (Å²) in [5, 5.41) is 1.83. The lowest BCUT2D eigenvalue weighted by molar-refractivity contribution is -0.121. The first-order chi connectivity index (χ1) is 10.0. The molecule has 3 N–H and O–H groups in total. The number of nitrogens with one attached hydrogen (secondary N) is 1. The Labute approximate surface area is 128 Å². The molecular weight excluding hydrogens is 308 g/mol. The number of carbonyl (C=O) groups excluding carboxylic acids is 1. The summed E-state index contributed by atoms with van der Waals surface area (Å²) in [6.07, 6.45) is 1.86. The second-order valence-electron chi connectivity index (χ2n) is 4.84. The van der Waals surface area contributed by atoms with Crippen molar-refractivity contribution in [2.75, 3.05) is 12.3 Å². The molecule has 1 amide bonds. The lowest BCUT2D eigenvalue weighted by Gasteiger charge is -2.21. The van der Waals surface area contributed by atoms with Gasteiger partial charge in [0.2, 0.25) is 5.91 Å². The molecule has 0 spiro atoms. The minimum atomic E-state index is -3.28. The molecule has 0 bridgehead atoms. The van der Waals surface area contributed by atoms with E-state index in [0.29, 0.717) is 25.9 Å². The highest BCUT2D eigenvalue weighted by Gasteiger charge is 2.34. The summed E-state index contributed by atoms with van der Waals surface area (Å²) in [6, 6.07) is 3.74. The van der Waals surface area contributed by atoms with E-state index in [1.54, 1.807) is 0 Å². The van der Waals surface area contributed by atoms with Gasteiger partial charge in [0.05, 0.1) is 23.7 Å². The van der Waals surface area contributed by atoms with Gasteiger partial charge < -0.3 is 11.1 Å². The second kappa shape index (κ2) is 7.07. The monoisotopic (exact) mass is 326 g/mol. The van der Waals surface area contributed by atoms with Gasteiger partial charge in [-0.2, -0.15) is 0 Å². The average Bonchev–Trinajstić information content (AvgIpc) is 2.90. The average molecular weight is 326 g/mol. The maximum absolute atomic E-state index is 12.0. The third kappa shape index (κ3) is 4.30. The van der Waals surface area contributed by atoms with Crippen LogP contribution in [0.2, 0.25) is 0 Å². The van der Waals surface area contributed by atoms with Crippen molar-refractivity contribution in [2.45, 2.75) is 31.1 Å². The number of nitrogens with two attached hydrogens (primary N) is 1. The summed E-state index contributed by atoms with van der Waals surface area (Å²) >= 11 is 1.47. The van der Waals surface area contributed by atoms with E-state index in [0.717, 1.165) is 16.2 Å². The van der Waals surface area contributed by atoms with Gasteiger partial charge in [-0.05, 0) is 25.0 Å². The van der Waals surface area contributed by atoms with Crippen LogP contribution in [0.15, 0.2) is 12.1 Å². The van der Waals surface area contributed by atoms with Crippen molar-refractivity contribution in [1.29, 1.82) is 0 Å². The summed E-state index contributed by atoms with van der Waals surface area (Å²) < 4.78 is 23.7. The van der Waals surface area contributed by atoms with Crippen LogP contribution < -0.4 is 11.1 Å². The number of rotatable bonds is 3. The van der Waals surface area contributed by atoms with E-state index in [9.17, 15) is 13.2 Å². The van der Waals surface area contributed by atoms with Crippen molar-refractivity contribution in [3.63, 3.8) is 0 Å². The SMILES string of the molecule is NCC#Cc1ccc(CNC(=O)C2CCCCS2(=O)=O)s1. The number of thiophene rings is 1. The zero-order valence-corrected chi connectivity index (χ0v) is 13.2. The van der Waals surface area contributed by atoms with Crippen LogP contribution in [-0.2, 0) is 21.2 Å². The van der Waals surface area contributed by atoms with E-state index in [2.05, 4.69) is 17.2 Å². The lowest BCUT2D eigenvalue weighted by atomic mass is 10.2. The molecule has 1 aromatic rings. The van der Waals surface area contributed by atoms with Gasteiger partial charge in [0, 0.05) is 4.88 Å². The molecular formula is C14H18N2O3S2. The molecule has 114 valence electrons. The van der Waals surface area contributed by atoms with Gasteiger partial charge in [0.1, 0.15) is 5.25 Å². The minimum Gasteiger partial charge on any atom is -0.350 e. The highest BCUT2D eigenvalue weighted by Crippen LogP contribution is 2.20. The van der Waals surface area contributed by atoms with E-state index in [1.807, 2.05) is 12.1 Å². The highest BCUT2D eigenvalue weighted by atomic mass is 32.2. The van der Waals surface area contributed by atoms with Gasteiger partial charge in [-0.3, -0.25) is 4.79 Å². The van der Waals surface area contributed by atoms with Crippen LogP contribution in [0.4, 0.5) is 0 Å². The molecule has 7 heteroatoms. The van der Waals surface area contributed by atoms with Crippen molar-refractivity contribution in [2.24, 2.45) is 5.73 Å². The molecule has 0 aromatic carbocycles. The zero-order valence-electron chi connectivity index (χ0n) is 11.6. The standard InChI is InChI=1S/C14H18N2O3S2/c15-8-3-4-11-6-7-12(20-11)10-16-14(17)13-5-1-2-9-21(13,18)19/h6-7,13H,1-2,5,8-10,15H2,(H,16,17). The molecule has 1 saturated heterocycles. The van der Waals surface area contributed by atoms with Crippen molar-refractivity contribution in [3.8, 4) is 11.8 Å². The fraction of sp³-hybridized carbons (Fsp3) is 0.500. The molecule has 0 saturated carbocycles. The molecule has 21 heavy (non-hydrogen) atoms. The zero-order chi connectivity index (χ0) is 15.3. The topological polar surface area (TPSA) is 89.3 Å². The normalized spacial score (nSPS) is 20.3. The number of hydrogen-bond donors (Lipinski definition) is 2. The number of hydrogen-bond acceptors (Lipinski definition) is 5. The van der Waals surface area contributed by atoms with Gasteiger partial charge in [0.25, 0.3) is 0 Å². The summed E-state index contributed by atoms with van der Waals surface area (Å²) in [6.45, 7) is 0.642. The fourth-order valence-electron chi connectivity index (χ4n) is 2.22.